The number of benzene rings is 2. The summed E-state index contributed by atoms with van der Waals surface area (Å²) in [6.45, 7) is 1.70. The van der Waals surface area contributed by atoms with Gasteiger partial charge in [-0.15, -0.1) is 11.8 Å². The molecule has 0 saturated carbocycles. The molecule has 0 spiro atoms. The first-order valence-electron chi connectivity index (χ1n) is 7.80. The average molecular weight is 357 g/mol. The normalized spacial score (nSPS) is 10.3. The Hall–Kier alpha value is -2.60. The van der Waals surface area contributed by atoms with Gasteiger partial charge < -0.3 is 10.5 Å². The molecule has 0 aliphatic heterocycles. The number of amides is 1. The number of primary amides is 1. The molecule has 0 atom stereocenters. The van der Waals surface area contributed by atoms with E-state index in [4.69, 9.17) is 10.5 Å². The molecule has 0 aliphatic carbocycles. The lowest BCUT2D eigenvalue weighted by atomic mass is 10.1. The van der Waals surface area contributed by atoms with Crippen LogP contribution < -0.4 is 5.73 Å². The number of thioether (sulfide) groups is 1. The molecular formula is C19H19NO4S. The maximum absolute atomic E-state index is 12.2. The van der Waals surface area contributed by atoms with Crippen molar-refractivity contribution >= 4 is 29.4 Å². The molecule has 2 aromatic rings. The Balaban J connectivity index is 1.99. The summed E-state index contributed by atoms with van der Waals surface area (Å²) in [4.78, 5) is 35.9. The van der Waals surface area contributed by atoms with Crippen LogP contribution in [0.2, 0.25) is 0 Å². The van der Waals surface area contributed by atoms with E-state index in [9.17, 15) is 14.4 Å². The van der Waals surface area contributed by atoms with Crippen LogP contribution in [0.1, 0.15) is 33.2 Å². The smallest absolute Gasteiger partial charge is 0.339 e. The lowest BCUT2D eigenvalue weighted by molar-refractivity contribution is -0.115. The van der Waals surface area contributed by atoms with Gasteiger partial charge >= 0.3 is 5.97 Å². The Morgan fingerprint density at radius 1 is 1.04 bits per heavy atom. The number of carbonyl (C=O) groups is 3. The lowest BCUT2D eigenvalue weighted by Crippen LogP contribution is -2.16. The molecule has 0 bridgehead atoms. The Labute approximate surface area is 150 Å². The van der Waals surface area contributed by atoms with Gasteiger partial charge in [0.2, 0.25) is 5.91 Å². The minimum Gasteiger partial charge on any atom is -0.454 e. The summed E-state index contributed by atoms with van der Waals surface area (Å²) in [6, 6.07) is 13.9. The molecule has 1 amide bonds. The van der Waals surface area contributed by atoms with Gasteiger partial charge in [-0.05, 0) is 24.1 Å². The molecule has 25 heavy (non-hydrogen) atoms. The Bertz CT molecular complexity index is 771. The van der Waals surface area contributed by atoms with Gasteiger partial charge in [-0.1, -0.05) is 43.3 Å². The number of ether oxygens (including phenoxy) is 1. The highest BCUT2D eigenvalue weighted by Crippen LogP contribution is 2.23. The molecule has 6 heteroatoms. The van der Waals surface area contributed by atoms with E-state index in [1.165, 1.54) is 0 Å². The first-order chi connectivity index (χ1) is 12.0. The number of hydrogen-bond acceptors (Lipinski definition) is 5. The number of nitrogens with two attached hydrogens (primary N) is 1. The zero-order valence-corrected chi connectivity index (χ0v) is 14.7. The molecule has 130 valence electrons. The van der Waals surface area contributed by atoms with Crippen molar-refractivity contribution in [3.05, 3.63) is 65.2 Å². The van der Waals surface area contributed by atoms with E-state index in [1.54, 1.807) is 36.4 Å². The summed E-state index contributed by atoms with van der Waals surface area (Å²) >= 11 is 1.16. The number of esters is 1. The summed E-state index contributed by atoms with van der Waals surface area (Å²) in [7, 11) is 0. The molecule has 5 nitrogen and oxygen atoms in total. The number of carbonyl (C=O) groups excluding carboxylic acids is 3. The minimum atomic E-state index is -0.605. The third-order valence-electron chi connectivity index (χ3n) is 3.50. The molecular weight excluding hydrogens is 338 g/mol. The molecule has 0 fully saturated rings. The fourth-order valence-electron chi connectivity index (χ4n) is 2.13. The molecule has 2 N–H and O–H groups in total. The molecule has 2 rings (SSSR count). The highest BCUT2D eigenvalue weighted by Gasteiger charge is 2.15. The van der Waals surface area contributed by atoms with E-state index in [0.717, 1.165) is 23.7 Å². The number of ketones is 1. The first kappa shape index (κ1) is 18.7. The van der Waals surface area contributed by atoms with Gasteiger partial charge in [-0.2, -0.15) is 0 Å². The predicted molar refractivity (Wildman–Crippen MR) is 96.8 cm³/mol. The van der Waals surface area contributed by atoms with Crippen LogP contribution in [0.3, 0.4) is 0 Å². The molecule has 0 radical (unpaired) electrons. The van der Waals surface area contributed by atoms with E-state index in [2.05, 4.69) is 0 Å². The van der Waals surface area contributed by atoms with Crippen molar-refractivity contribution < 1.29 is 19.1 Å². The SMILES string of the molecule is CCc1ccc(C(=O)COC(=O)c2ccccc2SCC(N)=O)cc1. The quantitative estimate of drug-likeness (QED) is 0.446. The van der Waals surface area contributed by atoms with Gasteiger partial charge in [-0.25, -0.2) is 4.79 Å². The molecule has 0 saturated heterocycles. The topological polar surface area (TPSA) is 86.5 Å². The third kappa shape index (κ3) is 5.46. The Morgan fingerprint density at radius 3 is 2.36 bits per heavy atom. The van der Waals surface area contributed by atoms with Crippen LogP contribution in [0.25, 0.3) is 0 Å². The van der Waals surface area contributed by atoms with Crippen molar-refractivity contribution in [1.82, 2.24) is 0 Å². The summed E-state index contributed by atoms with van der Waals surface area (Å²) in [5.74, 6) is -1.28. The van der Waals surface area contributed by atoms with Crippen molar-refractivity contribution in [2.45, 2.75) is 18.2 Å². The van der Waals surface area contributed by atoms with Crippen LogP contribution in [0.4, 0.5) is 0 Å². The molecule has 2 aromatic carbocycles. The van der Waals surface area contributed by atoms with Gasteiger partial charge in [-0.3, -0.25) is 9.59 Å². The molecule has 0 aromatic heterocycles. The summed E-state index contributed by atoms with van der Waals surface area (Å²) in [6.07, 6.45) is 0.892. The van der Waals surface area contributed by atoms with Crippen LogP contribution in [0.15, 0.2) is 53.4 Å². The summed E-state index contributed by atoms with van der Waals surface area (Å²) in [5.41, 5.74) is 7.07. The van der Waals surface area contributed by atoms with Crippen molar-refractivity contribution in [3.63, 3.8) is 0 Å². The minimum absolute atomic E-state index is 0.0625. The number of aryl methyl sites for hydroxylation is 1. The highest BCUT2D eigenvalue weighted by molar-refractivity contribution is 8.00. The van der Waals surface area contributed by atoms with Crippen molar-refractivity contribution in [3.8, 4) is 0 Å². The molecule has 0 unspecified atom stereocenters. The largest absolute Gasteiger partial charge is 0.454 e. The van der Waals surface area contributed by atoms with Crippen LogP contribution in [-0.4, -0.2) is 30.0 Å². The molecule has 0 aliphatic rings. The van der Waals surface area contributed by atoms with E-state index >= 15 is 0 Å². The second-order valence-corrected chi connectivity index (χ2v) is 6.32. The van der Waals surface area contributed by atoms with Crippen molar-refractivity contribution in [2.24, 2.45) is 5.73 Å². The Morgan fingerprint density at radius 2 is 1.72 bits per heavy atom. The highest BCUT2D eigenvalue weighted by atomic mass is 32.2. The zero-order valence-electron chi connectivity index (χ0n) is 13.9. The maximum Gasteiger partial charge on any atom is 0.339 e. The average Bonchev–Trinajstić information content (AvgIpc) is 2.64. The van der Waals surface area contributed by atoms with Gasteiger partial charge in [0.1, 0.15) is 0 Å². The standard InChI is InChI=1S/C19H19NO4S/c1-2-13-7-9-14(10-8-13)16(21)11-24-19(23)15-5-3-4-6-17(15)25-12-18(20)22/h3-10H,2,11-12H2,1H3,(H2,20,22). The number of hydrogen-bond donors (Lipinski definition) is 1. The maximum atomic E-state index is 12.2. The monoisotopic (exact) mass is 357 g/mol. The van der Waals surface area contributed by atoms with Gasteiger partial charge in [0.25, 0.3) is 0 Å². The van der Waals surface area contributed by atoms with E-state index < -0.39 is 11.9 Å². The lowest BCUT2D eigenvalue weighted by Gasteiger charge is -2.08. The number of rotatable bonds is 8. The second kappa shape index (κ2) is 9.03. The zero-order chi connectivity index (χ0) is 18.2. The van der Waals surface area contributed by atoms with E-state index in [0.29, 0.717) is 16.0 Å². The Kier molecular flexibility index (Phi) is 6.77. The van der Waals surface area contributed by atoms with Crippen LogP contribution in [-0.2, 0) is 16.0 Å². The van der Waals surface area contributed by atoms with E-state index in [1.807, 2.05) is 19.1 Å². The fourth-order valence-corrected chi connectivity index (χ4v) is 2.91. The van der Waals surface area contributed by atoms with Crippen molar-refractivity contribution in [2.75, 3.05) is 12.4 Å². The first-order valence-corrected chi connectivity index (χ1v) is 8.79. The van der Waals surface area contributed by atoms with Crippen LogP contribution in [0, 0.1) is 0 Å². The summed E-state index contributed by atoms with van der Waals surface area (Å²) < 4.78 is 5.13. The van der Waals surface area contributed by atoms with Crippen LogP contribution >= 0.6 is 11.8 Å². The molecule has 0 heterocycles. The third-order valence-corrected chi connectivity index (χ3v) is 4.59. The van der Waals surface area contributed by atoms with Crippen molar-refractivity contribution in [1.29, 1.82) is 0 Å². The second-order valence-electron chi connectivity index (χ2n) is 5.30. The summed E-state index contributed by atoms with van der Waals surface area (Å²) in [5, 5.41) is 0. The van der Waals surface area contributed by atoms with Crippen LogP contribution in [0.5, 0.6) is 0 Å². The van der Waals surface area contributed by atoms with Gasteiger partial charge in [0, 0.05) is 10.5 Å². The predicted octanol–water partition coefficient (Wildman–Crippen LogP) is 2.87. The fraction of sp³-hybridized carbons (Fsp3) is 0.211. The number of Topliss-reactive ketones (excluding diaryl/α,β-unsaturated/α-hetero) is 1. The van der Waals surface area contributed by atoms with E-state index in [-0.39, 0.29) is 18.1 Å². The van der Waals surface area contributed by atoms with Gasteiger partial charge in [0.15, 0.2) is 12.4 Å². The van der Waals surface area contributed by atoms with Gasteiger partial charge in [0.05, 0.1) is 11.3 Å².